The number of carbonyl (C=O) groups excluding carboxylic acids is 3. The first kappa shape index (κ1) is 26.8. The van der Waals surface area contributed by atoms with Gasteiger partial charge in [-0.15, -0.1) is 0 Å². The third-order valence-corrected chi connectivity index (χ3v) is 6.17. The molecule has 11 heteroatoms. The van der Waals surface area contributed by atoms with Gasteiger partial charge in [-0.2, -0.15) is 0 Å². The number of urea groups is 1. The molecule has 9 nitrogen and oxygen atoms in total. The number of carbonyl (C=O) groups is 3. The molecular formula is C27H22Cl2N2O7. The molecule has 1 fully saturated rings. The number of nitrogens with zero attached hydrogens (tertiary/aromatic N) is 1. The number of imide groups is 2. The fourth-order valence-electron chi connectivity index (χ4n) is 3.68. The van der Waals surface area contributed by atoms with E-state index in [4.69, 9.17) is 42.1 Å². The van der Waals surface area contributed by atoms with E-state index in [1.807, 2.05) is 12.1 Å². The number of amides is 4. The summed E-state index contributed by atoms with van der Waals surface area (Å²) in [6.45, 7) is 0.188. The smallest absolute Gasteiger partial charge is 0.336 e. The van der Waals surface area contributed by atoms with Crippen LogP contribution in [0, 0.1) is 0 Å². The van der Waals surface area contributed by atoms with Crippen LogP contribution in [-0.4, -0.2) is 39.2 Å². The summed E-state index contributed by atoms with van der Waals surface area (Å²) in [7, 11) is 4.25. The van der Waals surface area contributed by atoms with Crippen LogP contribution in [0.4, 0.5) is 10.5 Å². The minimum absolute atomic E-state index is 0.0450. The Bertz CT molecular complexity index is 1440. The van der Waals surface area contributed by atoms with E-state index >= 15 is 0 Å². The highest BCUT2D eigenvalue weighted by atomic mass is 35.5. The average molecular weight is 557 g/mol. The van der Waals surface area contributed by atoms with E-state index in [1.165, 1.54) is 39.5 Å². The first-order valence-corrected chi connectivity index (χ1v) is 11.9. The lowest BCUT2D eigenvalue weighted by Gasteiger charge is -2.28. The molecule has 0 saturated carbocycles. The highest BCUT2D eigenvalue weighted by molar-refractivity contribution is 6.39. The minimum atomic E-state index is -0.950. The number of hydrogen-bond donors (Lipinski definition) is 1. The third-order valence-electron chi connectivity index (χ3n) is 5.62. The van der Waals surface area contributed by atoms with Crippen molar-refractivity contribution in [2.75, 3.05) is 26.2 Å². The van der Waals surface area contributed by atoms with Crippen molar-refractivity contribution in [2.24, 2.45) is 0 Å². The molecule has 1 N–H and O–H groups in total. The standard InChI is InChI=1S/C27H22Cl2N2O7/c1-35-18-9-6-16(22(11-18)38-14-15-4-7-17(28)8-5-15)10-19-25(32)30-27(34)31(26(19)33)21-13-23(36-2)20(29)12-24(21)37-3/h4-13H,14H2,1-3H3,(H,30,32,34)/b19-10+. The van der Waals surface area contributed by atoms with Gasteiger partial charge in [0.25, 0.3) is 11.8 Å². The number of methoxy groups -OCH3 is 3. The fraction of sp³-hybridized carbons (Fsp3) is 0.148. The summed E-state index contributed by atoms with van der Waals surface area (Å²) >= 11 is 12.1. The highest BCUT2D eigenvalue weighted by Crippen LogP contribution is 2.39. The summed E-state index contributed by atoms with van der Waals surface area (Å²) in [6, 6.07) is 13.9. The van der Waals surface area contributed by atoms with Crippen molar-refractivity contribution in [1.82, 2.24) is 5.32 Å². The Hall–Kier alpha value is -4.21. The highest BCUT2D eigenvalue weighted by Gasteiger charge is 2.39. The molecule has 0 radical (unpaired) electrons. The number of rotatable bonds is 8. The van der Waals surface area contributed by atoms with Crippen LogP contribution >= 0.6 is 23.2 Å². The zero-order chi connectivity index (χ0) is 27.4. The SMILES string of the molecule is COc1ccc(/C=C2\C(=O)NC(=O)N(c3cc(OC)c(Cl)cc3OC)C2=O)c(OCc2ccc(Cl)cc2)c1. The molecule has 0 spiro atoms. The lowest BCUT2D eigenvalue weighted by atomic mass is 10.1. The fourth-order valence-corrected chi connectivity index (χ4v) is 4.04. The third kappa shape index (κ3) is 5.53. The van der Waals surface area contributed by atoms with Crippen LogP contribution in [0.3, 0.4) is 0 Å². The molecule has 0 atom stereocenters. The number of halogens is 2. The molecule has 3 aromatic rings. The predicted molar refractivity (Wildman–Crippen MR) is 142 cm³/mol. The molecule has 0 unspecified atom stereocenters. The first-order chi connectivity index (χ1) is 18.2. The van der Waals surface area contributed by atoms with Gasteiger partial charge in [0.1, 0.15) is 35.2 Å². The Morgan fingerprint density at radius 2 is 1.55 bits per heavy atom. The van der Waals surface area contributed by atoms with E-state index in [-0.39, 0.29) is 34.4 Å². The van der Waals surface area contributed by atoms with Crippen LogP contribution in [0.2, 0.25) is 10.0 Å². The lowest BCUT2D eigenvalue weighted by molar-refractivity contribution is -0.122. The van der Waals surface area contributed by atoms with E-state index in [1.54, 1.807) is 30.3 Å². The van der Waals surface area contributed by atoms with Gasteiger partial charge in [-0.05, 0) is 35.9 Å². The summed E-state index contributed by atoms with van der Waals surface area (Å²) in [4.78, 5) is 39.8. The molecule has 0 aliphatic carbocycles. The second-order valence-electron chi connectivity index (χ2n) is 7.94. The summed E-state index contributed by atoms with van der Waals surface area (Å²) in [5.74, 6) is -0.548. The number of ether oxygens (including phenoxy) is 4. The Balaban J connectivity index is 1.73. The quantitative estimate of drug-likeness (QED) is 0.298. The zero-order valence-corrected chi connectivity index (χ0v) is 22.1. The number of hydrogen-bond acceptors (Lipinski definition) is 7. The van der Waals surface area contributed by atoms with Gasteiger partial charge < -0.3 is 18.9 Å². The van der Waals surface area contributed by atoms with Crippen molar-refractivity contribution in [1.29, 1.82) is 0 Å². The Labute approximate surface area is 228 Å². The number of anilines is 1. The van der Waals surface area contributed by atoms with Crippen LogP contribution in [-0.2, 0) is 16.2 Å². The van der Waals surface area contributed by atoms with Crippen molar-refractivity contribution in [3.8, 4) is 23.0 Å². The van der Waals surface area contributed by atoms with Crippen molar-refractivity contribution in [3.05, 3.63) is 81.3 Å². The van der Waals surface area contributed by atoms with Gasteiger partial charge >= 0.3 is 6.03 Å². The van der Waals surface area contributed by atoms with Gasteiger partial charge in [-0.3, -0.25) is 14.9 Å². The van der Waals surface area contributed by atoms with Crippen LogP contribution in [0.15, 0.2) is 60.2 Å². The topological polar surface area (TPSA) is 103 Å². The number of benzene rings is 3. The van der Waals surface area contributed by atoms with E-state index in [0.29, 0.717) is 22.1 Å². The molecule has 196 valence electrons. The first-order valence-electron chi connectivity index (χ1n) is 11.1. The normalized spacial score (nSPS) is 14.4. The average Bonchev–Trinajstić information content (AvgIpc) is 2.91. The molecule has 1 aliphatic rings. The Kier molecular flexibility index (Phi) is 8.09. The van der Waals surface area contributed by atoms with Crippen molar-refractivity contribution < 1.29 is 33.3 Å². The molecule has 4 rings (SSSR count). The van der Waals surface area contributed by atoms with Gasteiger partial charge in [-0.1, -0.05) is 35.3 Å². The van der Waals surface area contributed by atoms with Gasteiger partial charge in [0.05, 0.1) is 32.0 Å². The largest absolute Gasteiger partial charge is 0.497 e. The van der Waals surface area contributed by atoms with Crippen LogP contribution in [0.5, 0.6) is 23.0 Å². The summed E-state index contributed by atoms with van der Waals surface area (Å²) in [5.41, 5.74) is 1.00. The summed E-state index contributed by atoms with van der Waals surface area (Å²) in [5, 5.41) is 3.00. The van der Waals surface area contributed by atoms with E-state index < -0.39 is 17.8 Å². The Morgan fingerprint density at radius 1 is 0.842 bits per heavy atom. The van der Waals surface area contributed by atoms with Gasteiger partial charge in [0, 0.05) is 28.8 Å². The Morgan fingerprint density at radius 3 is 2.21 bits per heavy atom. The van der Waals surface area contributed by atoms with Gasteiger partial charge in [0.15, 0.2) is 0 Å². The van der Waals surface area contributed by atoms with Crippen LogP contribution in [0.1, 0.15) is 11.1 Å². The summed E-state index contributed by atoms with van der Waals surface area (Å²) < 4.78 is 21.8. The van der Waals surface area contributed by atoms with E-state index in [2.05, 4.69) is 5.32 Å². The van der Waals surface area contributed by atoms with Crippen LogP contribution < -0.4 is 29.2 Å². The molecular weight excluding hydrogens is 535 g/mol. The van der Waals surface area contributed by atoms with Crippen molar-refractivity contribution in [3.63, 3.8) is 0 Å². The monoisotopic (exact) mass is 556 g/mol. The number of nitrogens with one attached hydrogen (secondary N) is 1. The molecule has 38 heavy (non-hydrogen) atoms. The van der Waals surface area contributed by atoms with Gasteiger partial charge in [-0.25, -0.2) is 9.69 Å². The second-order valence-corrected chi connectivity index (χ2v) is 8.78. The maximum Gasteiger partial charge on any atom is 0.336 e. The van der Waals surface area contributed by atoms with Gasteiger partial charge in [0.2, 0.25) is 0 Å². The second kappa shape index (κ2) is 11.5. The lowest BCUT2D eigenvalue weighted by Crippen LogP contribution is -2.54. The molecule has 4 amide bonds. The summed E-state index contributed by atoms with van der Waals surface area (Å²) in [6.07, 6.45) is 1.34. The minimum Gasteiger partial charge on any atom is -0.497 e. The zero-order valence-electron chi connectivity index (χ0n) is 20.5. The van der Waals surface area contributed by atoms with E-state index in [0.717, 1.165) is 10.5 Å². The van der Waals surface area contributed by atoms with Crippen molar-refractivity contribution in [2.45, 2.75) is 6.61 Å². The van der Waals surface area contributed by atoms with E-state index in [9.17, 15) is 14.4 Å². The maximum absolute atomic E-state index is 13.5. The molecule has 0 bridgehead atoms. The number of barbiturate groups is 1. The molecule has 1 heterocycles. The van der Waals surface area contributed by atoms with Crippen molar-refractivity contribution >= 4 is 52.8 Å². The predicted octanol–water partition coefficient (Wildman–Crippen LogP) is 5.26. The molecule has 3 aromatic carbocycles. The molecule has 1 aliphatic heterocycles. The maximum atomic E-state index is 13.5. The molecule has 1 saturated heterocycles. The van der Waals surface area contributed by atoms with Crippen LogP contribution in [0.25, 0.3) is 6.08 Å². The molecule has 0 aromatic heterocycles.